The molecule has 1 aromatic heterocycles. The van der Waals surface area contributed by atoms with Gasteiger partial charge in [-0.15, -0.1) is 11.3 Å². The molecule has 1 aliphatic rings. The molecule has 162 valence electrons. The number of halogens is 2. The highest BCUT2D eigenvalue weighted by molar-refractivity contribution is 7.89. The molecule has 0 aliphatic carbocycles. The highest BCUT2D eigenvalue weighted by atomic mass is 35.5. The quantitative estimate of drug-likeness (QED) is 0.424. The Morgan fingerprint density at radius 2 is 2.00 bits per heavy atom. The van der Waals surface area contributed by atoms with E-state index in [2.05, 4.69) is 15.5 Å². The number of benzene rings is 2. The number of anilines is 1. The van der Waals surface area contributed by atoms with E-state index in [4.69, 9.17) is 16.3 Å². The van der Waals surface area contributed by atoms with Crippen molar-refractivity contribution in [2.75, 3.05) is 31.7 Å². The van der Waals surface area contributed by atoms with E-state index in [-0.39, 0.29) is 15.5 Å². The SMILES string of the molecule is O=S(=O)(c1cccc(-c2csc(N/N=C/c3c(F)cccc3Cl)n2)c1)N1CCOCC1. The summed E-state index contributed by atoms with van der Waals surface area (Å²) in [5, 5.41) is 6.50. The summed E-state index contributed by atoms with van der Waals surface area (Å²) in [5.74, 6) is -0.476. The van der Waals surface area contributed by atoms with Gasteiger partial charge in [0.1, 0.15) is 5.82 Å². The standard InChI is InChI=1S/C20H18ClFN4O3S2/c21-17-5-2-6-18(22)16(17)12-23-25-20-24-19(13-30-20)14-3-1-4-15(11-14)31(27,28)26-7-9-29-10-8-26/h1-6,11-13H,7-10H2,(H,24,25)/b23-12+. The number of nitrogens with zero attached hydrogens (tertiary/aromatic N) is 3. The van der Waals surface area contributed by atoms with Crippen molar-refractivity contribution in [2.24, 2.45) is 5.10 Å². The molecular weight excluding hydrogens is 463 g/mol. The fraction of sp³-hybridized carbons (Fsp3) is 0.200. The van der Waals surface area contributed by atoms with E-state index >= 15 is 0 Å². The van der Waals surface area contributed by atoms with Crippen molar-refractivity contribution in [3.8, 4) is 11.3 Å². The van der Waals surface area contributed by atoms with Crippen LogP contribution in [0.15, 0.2) is 57.8 Å². The Balaban J connectivity index is 1.50. The second-order valence-corrected chi connectivity index (χ2v) is 9.79. The van der Waals surface area contributed by atoms with Gasteiger partial charge in [0.05, 0.1) is 35.0 Å². The zero-order valence-electron chi connectivity index (χ0n) is 16.2. The predicted molar refractivity (Wildman–Crippen MR) is 120 cm³/mol. The number of hydrogen-bond acceptors (Lipinski definition) is 7. The van der Waals surface area contributed by atoms with Crippen LogP contribution in [0.5, 0.6) is 0 Å². The van der Waals surface area contributed by atoms with Crippen LogP contribution in [0.2, 0.25) is 5.02 Å². The second-order valence-electron chi connectivity index (χ2n) is 6.59. The maximum atomic E-state index is 13.8. The third kappa shape index (κ3) is 4.94. The molecule has 0 spiro atoms. The molecule has 31 heavy (non-hydrogen) atoms. The number of aromatic nitrogens is 1. The Hall–Kier alpha value is -2.37. The van der Waals surface area contributed by atoms with Gasteiger partial charge in [0.2, 0.25) is 15.2 Å². The van der Waals surface area contributed by atoms with Crippen LogP contribution in [0.4, 0.5) is 9.52 Å². The minimum absolute atomic E-state index is 0.175. The van der Waals surface area contributed by atoms with Crippen molar-refractivity contribution in [1.82, 2.24) is 9.29 Å². The molecule has 2 heterocycles. The lowest BCUT2D eigenvalue weighted by atomic mass is 10.2. The van der Waals surface area contributed by atoms with Crippen molar-refractivity contribution in [3.63, 3.8) is 0 Å². The van der Waals surface area contributed by atoms with Crippen molar-refractivity contribution in [3.05, 3.63) is 64.2 Å². The number of nitrogens with one attached hydrogen (secondary N) is 1. The first-order chi connectivity index (χ1) is 14.9. The smallest absolute Gasteiger partial charge is 0.243 e. The summed E-state index contributed by atoms with van der Waals surface area (Å²) in [6.45, 7) is 1.44. The highest BCUT2D eigenvalue weighted by Gasteiger charge is 2.26. The van der Waals surface area contributed by atoms with Crippen LogP contribution >= 0.6 is 22.9 Å². The molecule has 11 heteroatoms. The molecule has 1 N–H and O–H groups in total. The molecule has 0 bridgehead atoms. The number of morpholine rings is 1. The lowest BCUT2D eigenvalue weighted by molar-refractivity contribution is 0.0730. The molecule has 1 saturated heterocycles. The summed E-state index contributed by atoms with van der Waals surface area (Å²) < 4.78 is 46.2. The lowest BCUT2D eigenvalue weighted by Gasteiger charge is -2.26. The summed E-state index contributed by atoms with van der Waals surface area (Å²) in [6, 6.07) is 11.0. The summed E-state index contributed by atoms with van der Waals surface area (Å²) in [6.07, 6.45) is 1.29. The van der Waals surface area contributed by atoms with Gasteiger partial charge in [0.25, 0.3) is 0 Å². The van der Waals surface area contributed by atoms with Crippen LogP contribution in [-0.4, -0.2) is 50.2 Å². The summed E-state index contributed by atoms with van der Waals surface area (Å²) in [7, 11) is -3.60. The first-order valence-electron chi connectivity index (χ1n) is 9.32. The van der Waals surface area contributed by atoms with Gasteiger partial charge < -0.3 is 4.74 Å². The Morgan fingerprint density at radius 1 is 1.23 bits per heavy atom. The fourth-order valence-electron chi connectivity index (χ4n) is 3.00. The van der Waals surface area contributed by atoms with Gasteiger partial charge in [0.15, 0.2) is 0 Å². The van der Waals surface area contributed by atoms with Crippen LogP contribution in [0.3, 0.4) is 0 Å². The van der Waals surface area contributed by atoms with Crippen LogP contribution in [-0.2, 0) is 14.8 Å². The largest absolute Gasteiger partial charge is 0.379 e. The summed E-state index contributed by atoms with van der Waals surface area (Å²) in [4.78, 5) is 4.64. The lowest BCUT2D eigenvalue weighted by Crippen LogP contribution is -2.40. The summed E-state index contributed by atoms with van der Waals surface area (Å²) >= 11 is 7.26. The zero-order valence-corrected chi connectivity index (χ0v) is 18.6. The maximum absolute atomic E-state index is 13.8. The minimum atomic E-state index is -3.60. The molecule has 1 aliphatic heterocycles. The van der Waals surface area contributed by atoms with Crippen molar-refractivity contribution < 1.29 is 17.5 Å². The Morgan fingerprint density at radius 3 is 2.77 bits per heavy atom. The molecule has 7 nitrogen and oxygen atoms in total. The van der Waals surface area contributed by atoms with Gasteiger partial charge in [-0.05, 0) is 24.3 Å². The van der Waals surface area contributed by atoms with E-state index in [1.807, 2.05) is 0 Å². The molecular formula is C20H18ClFN4O3S2. The average molecular weight is 481 g/mol. The third-order valence-electron chi connectivity index (χ3n) is 4.60. The van der Waals surface area contributed by atoms with E-state index in [9.17, 15) is 12.8 Å². The molecule has 0 saturated carbocycles. The second kappa shape index (κ2) is 9.41. The molecule has 2 aromatic carbocycles. The van der Waals surface area contributed by atoms with Crippen molar-refractivity contribution in [1.29, 1.82) is 0 Å². The van der Waals surface area contributed by atoms with Crippen LogP contribution in [0.25, 0.3) is 11.3 Å². The average Bonchev–Trinajstić information content (AvgIpc) is 3.25. The van der Waals surface area contributed by atoms with E-state index in [0.29, 0.717) is 42.7 Å². The number of hydrogen-bond donors (Lipinski definition) is 1. The third-order valence-corrected chi connectivity index (χ3v) is 7.57. The number of hydrazone groups is 1. The van der Waals surface area contributed by atoms with Gasteiger partial charge in [-0.2, -0.15) is 9.41 Å². The molecule has 4 rings (SSSR count). The Kier molecular flexibility index (Phi) is 6.63. The number of ether oxygens (including phenoxy) is 1. The van der Waals surface area contributed by atoms with E-state index < -0.39 is 15.8 Å². The first-order valence-corrected chi connectivity index (χ1v) is 12.0. The fourth-order valence-corrected chi connectivity index (χ4v) is 5.33. The van der Waals surface area contributed by atoms with Gasteiger partial charge >= 0.3 is 0 Å². The number of sulfonamides is 1. The maximum Gasteiger partial charge on any atom is 0.243 e. The monoisotopic (exact) mass is 480 g/mol. The molecule has 0 unspecified atom stereocenters. The van der Waals surface area contributed by atoms with Gasteiger partial charge in [-0.1, -0.05) is 29.8 Å². The van der Waals surface area contributed by atoms with Gasteiger partial charge in [0, 0.05) is 29.6 Å². The molecule has 0 radical (unpaired) electrons. The molecule has 1 fully saturated rings. The molecule has 3 aromatic rings. The Labute approximate surface area is 188 Å². The van der Waals surface area contributed by atoms with Crippen molar-refractivity contribution >= 4 is 44.3 Å². The van der Waals surface area contributed by atoms with Crippen LogP contribution in [0.1, 0.15) is 5.56 Å². The number of rotatable bonds is 6. The highest BCUT2D eigenvalue weighted by Crippen LogP contribution is 2.28. The van der Waals surface area contributed by atoms with Gasteiger partial charge in [-0.25, -0.2) is 17.8 Å². The van der Waals surface area contributed by atoms with E-state index in [1.54, 1.807) is 35.7 Å². The summed E-state index contributed by atoms with van der Waals surface area (Å²) in [5.41, 5.74) is 4.19. The molecule has 0 atom stereocenters. The van der Waals surface area contributed by atoms with Crippen LogP contribution in [0, 0.1) is 5.82 Å². The predicted octanol–water partition coefficient (Wildman–Crippen LogP) is 4.07. The van der Waals surface area contributed by atoms with E-state index in [0.717, 1.165) is 0 Å². The minimum Gasteiger partial charge on any atom is -0.379 e. The first kappa shape index (κ1) is 21.8. The normalized spacial score (nSPS) is 15.4. The zero-order chi connectivity index (χ0) is 21.8. The molecule has 0 amide bonds. The van der Waals surface area contributed by atoms with E-state index in [1.165, 1.54) is 34.0 Å². The topological polar surface area (TPSA) is 83.9 Å². The van der Waals surface area contributed by atoms with Gasteiger partial charge in [-0.3, -0.25) is 5.43 Å². The number of thiazole rings is 1. The van der Waals surface area contributed by atoms with Crippen LogP contribution < -0.4 is 5.43 Å². The van der Waals surface area contributed by atoms with Crippen molar-refractivity contribution in [2.45, 2.75) is 4.90 Å². The Bertz CT molecular complexity index is 1190.